The summed E-state index contributed by atoms with van der Waals surface area (Å²) in [4.78, 5) is 13.1. The Hall–Kier alpha value is -2.71. The second-order valence-corrected chi connectivity index (χ2v) is 6.11. The van der Waals surface area contributed by atoms with E-state index in [1.54, 1.807) is 6.33 Å². The zero-order chi connectivity index (χ0) is 17.2. The van der Waals surface area contributed by atoms with Gasteiger partial charge in [-0.1, -0.05) is 12.1 Å². The molecule has 25 heavy (non-hydrogen) atoms. The molecule has 0 bridgehead atoms. The lowest BCUT2D eigenvalue weighted by molar-refractivity contribution is -0.0207. The van der Waals surface area contributed by atoms with Gasteiger partial charge in [0, 0.05) is 12.2 Å². The SMILES string of the molecule is Nc1ccc(CNc2ncnc3c2ncn3[C@H]2CC[C@@H](CO)O2)cc1. The standard InChI is InChI=1S/C17H20N6O2/c18-12-3-1-11(2-4-12)7-19-16-15-17(21-9-20-16)23(10-22-15)14-6-5-13(8-24)25-14/h1-4,9-10,13-14,24H,5-8,18H2,(H,19,20,21)/t13-,14+/m0/s1. The molecule has 8 nitrogen and oxygen atoms in total. The van der Waals surface area contributed by atoms with E-state index in [4.69, 9.17) is 10.5 Å². The molecule has 1 fully saturated rings. The van der Waals surface area contributed by atoms with Gasteiger partial charge in [-0.25, -0.2) is 15.0 Å². The molecule has 0 spiro atoms. The largest absolute Gasteiger partial charge is 0.399 e. The molecule has 0 unspecified atom stereocenters. The van der Waals surface area contributed by atoms with E-state index in [1.807, 2.05) is 28.8 Å². The van der Waals surface area contributed by atoms with Gasteiger partial charge in [-0.2, -0.15) is 0 Å². The van der Waals surface area contributed by atoms with Gasteiger partial charge in [-0.3, -0.25) is 4.57 Å². The predicted octanol–water partition coefficient (Wildman–Crippen LogP) is 1.69. The zero-order valence-electron chi connectivity index (χ0n) is 13.7. The molecule has 0 aliphatic carbocycles. The summed E-state index contributed by atoms with van der Waals surface area (Å²) in [5.41, 5.74) is 8.98. The lowest BCUT2D eigenvalue weighted by Crippen LogP contribution is -2.14. The second kappa shape index (κ2) is 6.66. The molecule has 8 heteroatoms. The van der Waals surface area contributed by atoms with Gasteiger partial charge in [0.1, 0.15) is 12.6 Å². The van der Waals surface area contributed by atoms with Crippen LogP contribution in [-0.4, -0.2) is 37.3 Å². The second-order valence-electron chi connectivity index (χ2n) is 6.11. The molecule has 2 atom stereocenters. The number of anilines is 2. The minimum Gasteiger partial charge on any atom is -0.399 e. The Morgan fingerprint density at radius 2 is 2.04 bits per heavy atom. The fourth-order valence-corrected chi connectivity index (χ4v) is 3.04. The van der Waals surface area contributed by atoms with Crippen molar-refractivity contribution >= 4 is 22.7 Å². The number of nitrogens with zero attached hydrogens (tertiary/aromatic N) is 4. The van der Waals surface area contributed by atoms with Crippen LogP contribution in [0.25, 0.3) is 11.2 Å². The van der Waals surface area contributed by atoms with Crippen molar-refractivity contribution in [1.29, 1.82) is 0 Å². The van der Waals surface area contributed by atoms with Crippen molar-refractivity contribution in [2.45, 2.75) is 31.7 Å². The highest BCUT2D eigenvalue weighted by Gasteiger charge is 2.27. The first-order chi connectivity index (χ1) is 12.2. The van der Waals surface area contributed by atoms with Crippen LogP contribution in [0.2, 0.25) is 0 Å². The van der Waals surface area contributed by atoms with E-state index in [-0.39, 0.29) is 18.9 Å². The first-order valence-electron chi connectivity index (χ1n) is 8.26. The Bertz CT molecular complexity index is 863. The van der Waals surface area contributed by atoms with Crippen molar-refractivity contribution in [2.24, 2.45) is 0 Å². The molecule has 1 aliphatic rings. The summed E-state index contributed by atoms with van der Waals surface area (Å²) in [6, 6.07) is 7.69. The molecular weight excluding hydrogens is 320 g/mol. The highest BCUT2D eigenvalue weighted by molar-refractivity contribution is 5.82. The van der Waals surface area contributed by atoms with Crippen LogP contribution < -0.4 is 11.1 Å². The van der Waals surface area contributed by atoms with Crippen molar-refractivity contribution < 1.29 is 9.84 Å². The average molecular weight is 340 g/mol. The van der Waals surface area contributed by atoms with Gasteiger partial charge in [-0.15, -0.1) is 0 Å². The Kier molecular flexibility index (Phi) is 4.21. The number of nitrogen functional groups attached to an aromatic ring is 1. The summed E-state index contributed by atoms with van der Waals surface area (Å²) in [6.45, 7) is 0.651. The normalized spacial score (nSPS) is 20.2. The van der Waals surface area contributed by atoms with E-state index in [9.17, 15) is 5.11 Å². The summed E-state index contributed by atoms with van der Waals surface area (Å²) in [5, 5.41) is 12.5. The van der Waals surface area contributed by atoms with Gasteiger partial charge in [0.15, 0.2) is 17.0 Å². The molecule has 4 rings (SSSR count). The van der Waals surface area contributed by atoms with Crippen LogP contribution in [-0.2, 0) is 11.3 Å². The average Bonchev–Trinajstić information content (AvgIpc) is 3.27. The summed E-state index contributed by atoms with van der Waals surface area (Å²) in [6.07, 6.45) is 4.63. The number of rotatable bonds is 5. The van der Waals surface area contributed by atoms with Crippen molar-refractivity contribution in [2.75, 3.05) is 17.7 Å². The number of hydrogen-bond acceptors (Lipinski definition) is 7. The molecule has 2 aromatic heterocycles. The van der Waals surface area contributed by atoms with Crippen molar-refractivity contribution in [3.05, 3.63) is 42.5 Å². The highest BCUT2D eigenvalue weighted by Crippen LogP contribution is 2.31. The maximum atomic E-state index is 9.24. The number of hydrogen-bond donors (Lipinski definition) is 3. The zero-order valence-corrected chi connectivity index (χ0v) is 13.7. The summed E-state index contributed by atoms with van der Waals surface area (Å²) < 4.78 is 7.73. The fourth-order valence-electron chi connectivity index (χ4n) is 3.04. The number of ether oxygens (including phenoxy) is 1. The number of fused-ring (bicyclic) bond motifs is 1. The Morgan fingerprint density at radius 3 is 2.80 bits per heavy atom. The summed E-state index contributed by atoms with van der Waals surface area (Å²) in [5.74, 6) is 0.678. The maximum absolute atomic E-state index is 9.24. The fraction of sp³-hybridized carbons (Fsp3) is 0.353. The van der Waals surface area contributed by atoms with E-state index >= 15 is 0 Å². The number of nitrogens with one attached hydrogen (secondary N) is 1. The first kappa shape index (κ1) is 15.8. The molecule has 4 N–H and O–H groups in total. The van der Waals surface area contributed by atoms with Crippen LogP contribution in [0, 0.1) is 0 Å². The topological polar surface area (TPSA) is 111 Å². The van der Waals surface area contributed by atoms with Crippen LogP contribution >= 0.6 is 0 Å². The van der Waals surface area contributed by atoms with Gasteiger partial charge in [-0.05, 0) is 30.5 Å². The number of nitrogens with two attached hydrogens (primary N) is 1. The van der Waals surface area contributed by atoms with Crippen LogP contribution in [0.3, 0.4) is 0 Å². The van der Waals surface area contributed by atoms with Gasteiger partial charge in [0.2, 0.25) is 0 Å². The van der Waals surface area contributed by atoms with Gasteiger partial charge < -0.3 is 20.9 Å². The Labute approximate surface area is 144 Å². The number of aliphatic hydroxyl groups excluding tert-OH is 1. The van der Waals surface area contributed by atoms with Crippen molar-refractivity contribution in [3.63, 3.8) is 0 Å². The third-order valence-corrected chi connectivity index (χ3v) is 4.40. The van der Waals surface area contributed by atoms with Gasteiger partial charge >= 0.3 is 0 Å². The quantitative estimate of drug-likeness (QED) is 0.606. The molecule has 1 aliphatic heterocycles. The van der Waals surface area contributed by atoms with E-state index in [0.717, 1.165) is 29.7 Å². The molecule has 0 amide bonds. The molecule has 3 heterocycles. The summed E-state index contributed by atoms with van der Waals surface area (Å²) in [7, 11) is 0. The molecule has 3 aromatic rings. The predicted molar refractivity (Wildman–Crippen MR) is 93.7 cm³/mol. The molecule has 1 aromatic carbocycles. The minimum absolute atomic E-state index is 0.0342. The molecule has 0 radical (unpaired) electrons. The maximum Gasteiger partial charge on any atom is 0.167 e. The number of aliphatic hydroxyl groups is 1. The van der Waals surface area contributed by atoms with Crippen molar-refractivity contribution in [3.8, 4) is 0 Å². The van der Waals surface area contributed by atoms with Crippen LogP contribution in [0.1, 0.15) is 24.6 Å². The van der Waals surface area contributed by atoms with Gasteiger partial charge in [0.25, 0.3) is 0 Å². The van der Waals surface area contributed by atoms with Crippen molar-refractivity contribution in [1.82, 2.24) is 19.5 Å². The molecule has 130 valence electrons. The van der Waals surface area contributed by atoms with E-state index < -0.39 is 0 Å². The first-order valence-corrected chi connectivity index (χ1v) is 8.26. The highest BCUT2D eigenvalue weighted by atomic mass is 16.5. The van der Waals surface area contributed by atoms with E-state index in [1.165, 1.54) is 6.33 Å². The third kappa shape index (κ3) is 3.13. The smallest absolute Gasteiger partial charge is 0.167 e. The lowest BCUT2D eigenvalue weighted by Gasteiger charge is -2.14. The van der Waals surface area contributed by atoms with E-state index in [0.29, 0.717) is 17.9 Å². The van der Waals surface area contributed by atoms with Crippen LogP contribution in [0.5, 0.6) is 0 Å². The Morgan fingerprint density at radius 1 is 1.20 bits per heavy atom. The summed E-state index contributed by atoms with van der Waals surface area (Å²) >= 11 is 0. The monoisotopic (exact) mass is 340 g/mol. The number of imidazole rings is 1. The molecule has 1 saturated heterocycles. The molecular formula is C17H20N6O2. The number of benzene rings is 1. The van der Waals surface area contributed by atoms with E-state index in [2.05, 4.69) is 20.3 Å². The Balaban J connectivity index is 1.55. The van der Waals surface area contributed by atoms with Gasteiger partial charge in [0.05, 0.1) is 19.0 Å². The lowest BCUT2D eigenvalue weighted by atomic mass is 10.2. The van der Waals surface area contributed by atoms with Crippen LogP contribution in [0.4, 0.5) is 11.5 Å². The minimum atomic E-state index is -0.151. The number of aromatic nitrogens is 4. The third-order valence-electron chi connectivity index (χ3n) is 4.40. The molecule has 0 saturated carbocycles. The van der Waals surface area contributed by atoms with Crippen LogP contribution in [0.15, 0.2) is 36.9 Å².